The Balaban J connectivity index is 2.39. The Hall–Kier alpha value is -1.55. The number of para-hydroxylation sites is 2. The van der Waals surface area contributed by atoms with Gasteiger partial charge >= 0.3 is 0 Å². The summed E-state index contributed by atoms with van der Waals surface area (Å²) in [6, 6.07) is 7.27. The molecule has 0 bridgehead atoms. The van der Waals surface area contributed by atoms with Crippen LogP contribution in [0.15, 0.2) is 24.3 Å². The molecule has 0 aromatic heterocycles. The lowest BCUT2D eigenvalue weighted by Crippen LogP contribution is -2.45. The molecule has 1 aliphatic rings. The molecule has 1 unspecified atom stereocenters. The van der Waals surface area contributed by atoms with E-state index in [1.165, 1.54) is 0 Å². The number of rotatable bonds is 1. The summed E-state index contributed by atoms with van der Waals surface area (Å²) in [6.45, 7) is 0.372. The summed E-state index contributed by atoms with van der Waals surface area (Å²) < 4.78 is 5.57. The first-order valence-electron chi connectivity index (χ1n) is 4.90. The van der Waals surface area contributed by atoms with E-state index in [0.717, 1.165) is 11.4 Å². The molecule has 0 saturated heterocycles. The quantitative estimate of drug-likeness (QED) is 0.732. The SMILES string of the molecule is CNC1COc2ccccc2N(C)C1=O. The van der Waals surface area contributed by atoms with Crippen molar-refractivity contribution in [2.24, 2.45) is 0 Å². The predicted molar refractivity (Wildman–Crippen MR) is 58.2 cm³/mol. The number of carbonyl (C=O) groups excluding carboxylic acids is 1. The Labute approximate surface area is 88.8 Å². The van der Waals surface area contributed by atoms with Crippen molar-refractivity contribution in [3.63, 3.8) is 0 Å². The summed E-state index contributed by atoms with van der Waals surface area (Å²) in [5.41, 5.74) is 0.820. The zero-order valence-electron chi connectivity index (χ0n) is 8.86. The maximum atomic E-state index is 11.9. The molecule has 1 aromatic carbocycles. The predicted octanol–water partition coefficient (Wildman–Crippen LogP) is 0.630. The van der Waals surface area contributed by atoms with E-state index in [9.17, 15) is 4.79 Å². The third-order valence-corrected chi connectivity index (χ3v) is 2.61. The van der Waals surface area contributed by atoms with Crippen molar-refractivity contribution >= 4 is 11.6 Å². The Morgan fingerprint density at radius 3 is 2.93 bits per heavy atom. The molecule has 1 N–H and O–H groups in total. The van der Waals surface area contributed by atoms with Gasteiger partial charge < -0.3 is 15.0 Å². The van der Waals surface area contributed by atoms with Gasteiger partial charge in [0, 0.05) is 7.05 Å². The van der Waals surface area contributed by atoms with Gasteiger partial charge in [0.2, 0.25) is 5.91 Å². The van der Waals surface area contributed by atoms with Crippen molar-refractivity contribution in [3.05, 3.63) is 24.3 Å². The van der Waals surface area contributed by atoms with Crippen LogP contribution in [0.25, 0.3) is 0 Å². The van der Waals surface area contributed by atoms with Crippen LogP contribution in [0.2, 0.25) is 0 Å². The summed E-state index contributed by atoms with van der Waals surface area (Å²) in [7, 11) is 3.52. The fraction of sp³-hybridized carbons (Fsp3) is 0.364. The maximum absolute atomic E-state index is 11.9. The van der Waals surface area contributed by atoms with Crippen LogP contribution in [0.1, 0.15) is 0 Å². The lowest BCUT2D eigenvalue weighted by Gasteiger charge is -2.18. The number of hydrogen-bond acceptors (Lipinski definition) is 3. The van der Waals surface area contributed by atoms with Gasteiger partial charge in [-0.25, -0.2) is 0 Å². The maximum Gasteiger partial charge on any atom is 0.247 e. The Morgan fingerprint density at radius 2 is 2.20 bits per heavy atom. The minimum atomic E-state index is -0.276. The second-order valence-electron chi connectivity index (χ2n) is 3.52. The highest BCUT2D eigenvalue weighted by molar-refractivity contribution is 5.98. The van der Waals surface area contributed by atoms with Crippen LogP contribution in [0.4, 0.5) is 5.69 Å². The Bertz CT molecular complexity index is 379. The highest BCUT2D eigenvalue weighted by Gasteiger charge is 2.27. The first-order chi connectivity index (χ1) is 7.24. The summed E-state index contributed by atoms with van der Waals surface area (Å²) in [5, 5.41) is 2.94. The fourth-order valence-electron chi connectivity index (χ4n) is 1.66. The minimum Gasteiger partial charge on any atom is -0.489 e. The highest BCUT2D eigenvalue weighted by Crippen LogP contribution is 2.29. The van der Waals surface area contributed by atoms with Crippen LogP contribution in [0, 0.1) is 0 Å². The lowest BCUT2D eigenvalue weighted by molar-refractivity contribution is -0.120. The second kappa shape index (κ2) is 3.90. The molecule has 4 heteroatoms. The average molecular weight is 206 g/mol. The molecule has 1 heterocycles. The molecule has 4 nitrogen and oxygen atoms in total. The van der Waals surface area contributed by atoms with Crippen LogP contribution in [0.5, 0.6) is 5.75 Å². The third kappa shape index (κ3) is 1.68. The number of anilines is 1. The second-order valence-corrected chi connectivity index (χ2v) is 3.52. The molecule has 2 rings (SSSR count). The number of ether oxygens (including phenoxy) is 1. The largest absolute Gasteiger partial charge is 0.489 e. The van der Waals surface area contributed by atoms with Gasteiger partial charge in [-0.1, -0.05) is 12.1 Å². The van der Waals surface area contributed by atoms with Crippen molar-refractivity contribution in [3.8, 4) is 5.75 Å². The van der Waals surface area contributed by atoms with Gasteiger partial charge in [-0.15, -0.1) is 0 Å². The fourth-order valence-corrected chi connectivity index (χ4v) is 1.66. The van der Waals surface area contributed by atoms with E-state index < -0.39 is 0 Å². The number of likely N-dealkylation sites (N-methyl/N-ethyl adjacent to an activating group) is 2. The van der Waals surface area contributed by atoms with E-state index in [0.29, 0.717) is 6.61 Å². The lowest BCUT2D eigenvalue weighted by atomic mass is 10.2. The molecule has 1 aromatic rings. The molecule has 0 fully saturated rings. The zero-order valence-corrected chi connectivity index (χ0v) is 8.86. The monoisotopic (exact) mass is 206 g/mol. The summed E-state index contributed by atoms with van der Waals surface area (Å²) in [4.78, 5) is 13.6. The van der Waals surface area contributed by atoms with E-state index in [4.69, 9.17) is 4.74 Å². The van der Waals surface area contributed by atoms with E-state index in [2.05, 4.69) is 5.32 Å². The van der Waals surface area contributed by atoms with Gasteiger partial charge in [0.25, 0.3) is 0 Å². The normalized spacial score (nSPS) is 20.5. The number of hydrogen-bond donors (Lipinski definition) is 1. The summed E-state index contributed by atoms with van der Waals surface area (Å²) >= 11 is 0. The van der Waals surface area contributed by atoms with Crippen LogP contribution >= 0.6 is 0 Å². The van der Waals surface area contributed by atoms with Crippen molar-refractivity contribution in [2.45, 2.75) is 6.04 Å². The topological polar surface area (TPSA) is 41.6 Å². The zero-order chi connectivity index (χ0) is 10.8. The van der Waals surface area contributed by atoms with Crippen molar-refractivity contribution in [1.29, 1.82) is 0 Å². The Morgan fingerprint density at radius 1 is 1.47 bits per heavy atom. The van der Waals surface area contributed by atoms with Gasteiger partial charge in [-0.2, -0.15) is 0 Å². The minimum absolute atomic E-state index is 0.0300. The van der Waals surface area contributed by atoms with E-state index in [1.54, 1.807) is 19.0 Å². The number of nitrogens with zero attached hydrogens (tertiary/aromatic N) is 1. The van der Waals surface area contributed by atoms with E-state index >= 15 is 0 Å². The van der Waals surface area contributed by atoms with Gasteiger partial charge in [0.1, 0.15) is 18.4 Å². The number of carbonyl (C=O) groups is 1. The number of amides is 1. The van der Waals surface area contributed by atoms with Gasteiger partial charge in [-0.05, 0) is 19.2 Å². The molecule has 80 valence electrons. The average Bonchev–Trinajstić information content (AvgIpc) is 2.39. The smallest absolute Gasteiger partial charge is 0.247 e. The van der Waals surface area contributed by atoms with Crippen molar-refractivity contribution in [2.75, 3.05) is 25.6 Å². The molecular formula is C11H14N2O2. The van der Waals surface area contributed by atoms with Gasteiger partial charge in [0.15, 0.2) is 0 Å². The van der Waals surface area contributed by atoms with Crippen LogP contribution in [-0.2, 0) is 4.79 Å². The molecule has 0 spiro atoms. The number of benzene rings is 1. The summed E-state index contributed by atoms with van der Waals surface area (Å²) in [6.07, 6.45) is 0. The molecular weight excluding hydrogens is 192 g/mol. The first-order valence-corrected chi connectivity index (χ1v) is 4.90. The number of fused-ring (bicyclic) bond motifs is 1. The standard InChI is InChI=1S/C11H14N2O2/c1-12-8-7-15-10-6-4-3-5-9(10)13(2)11(8)14/h3-6,8,12H,7H2,1-2H3. The first kappa shape index (κ1) is 9.98. The molecule has 0 radical (unpaired) electrons. The van der Waals surface area contributed by atoms with Gasteiger partial charge in [0.05, 0.1) is 5.69 Å². The molecule has 1 atom stereocenters. The third-order valence-electron chi connectivity index (χ3n) is 2.61. The molecule has 1 amide bonds. The van der Waals surface area contributed by atoms with Crippen LogP contribution in [-0.4, -0.2) is 32.7 Å². The summed E-state index contributed by atoms with van der Waals surface area (Å²) in [5.74, 6) is 0.786. The van der Waals surface area contributed by atoms with E-state index in [-0.39, 0.29) is 11.9 Å². The Kier molecular flexibility index (Phi) is 2.60. The van der Waals surface area contributed by atoms with Crippen molar-refractivity contribution in [1.82, 2.24) is 5.32 Å². The molecule has 1 aliphatic heterocycles. The molecule has 0 aliphatic carbocycles. The van der Waals surface area contributed by atoms with Gasteiger partial charge in [-0.3, -0.25) is 4.79 Å². The van der Waals surface area contributed by atoms with Crippen LogP contribution in [0.3, 0.4) is 0 Å². The van der Waals surface area contributed by atoms with Crippen LogP contribution < -0.4 is 15.0 Å². The number of nitrogens with one attached hydrogen (secondary N) is 1. The molecule has 0 saturated carbocycles. The highest BCUT2D eigenvalue weighted by atomic mass is 16.5. The van der Waals surface area contributed by atoms with E-state index in [1.807, 2.05) is 24.3 Å². The molecule has 15 heavy (non-hydrogen) atoms. The van der Waals surface area contributed by atoms with Crippen molar-refractivity contribution < 1.29 is 9.53 Å².